The number of hydrogen-bond acceptors (Lipinski definition) is 5. The summed E-state index contributed by atoms with van der Waals surface area (Å²) in [5, 5.41) is 0. The Morgan fingerprint density at radius 3 is 2.62 bits per heavy atom. The van der Waals surface area contributed by atoms with Crippen LogP contribution in [0.3, 0.4) is 0 Å². The van der Waals surface area contributed by atoms with Crippen molar-refractivity contribution >= 4 is 33.3 Å². The summed E-state index contributed by atoms with van der Waals surface area (Å²) >= 11 is 0. The van der Waals surface area contributed by atoms with Gasteiger partial charge in [0.25, 0.3) is 0 Å². The van der Waals surface area contributed by atoms with E-state index in [0.29, 0.717) is 11.8 Å². The third-order valence-corrected chi connectivity index (χ3v) is 5.97. The van der Waals surface area contributed by atoms with Crippen LogP contribution in [0.5, 0.6) is 0 Å². The maximum absolute atomic E-state index is 12.1. The second-order valence-electron chi connectivity index (χ2n) is 7.14. The van der Waals surface area contributed by atoms with Gasteiger partial charge in [-0.15, -0.1) is 0 Å². The molecule has 1 saturated carbocycles. The second-order valence-corrected chi connectivity index (χ2v) is 7.14. The molecule has 5 fully saturated rings. The van der Waals surface area contributed by atoms with E-state index in [-0.39, 0.29) is 45.1 Å². The third kappa shape index (κ3) is 2.06. The number of fused-ring (bicyclic) bond motifs is 2. The molecule has 0 unspecified atom stereocenters. The first kappa shape index (κ1) is 16.1. The fraction of sp³-hybridized carbons (Fsp3) is 0.933. The van der Waals surface area contributed by atoms with E-state index >= 15 is 0 Å². The Hall–Kier alpha value is 0.272. The van der Waals surface area contributed by atoms with Crippen LogP contribution in [-0.2, 0) is 24.0 Å². The van der Waals surface area contributed by atoms with Crippen molar-refractivity contribution in [2.45, 2.75) is 64.1 Å². The molecule has 118 valence electrons. The Labute approximate surface area is 145 Å². The van der Waals surface area contributed by atoms with E-state index in [1.807, 2.05) is 13.8 Å². The van der Waals surface area contributed by atoms with Gasteiger partial charge in [-0.3, -0.25) is 4.79 Å². The molecule has 0 aromatic rings. The van der Waals surface area contributed by atoms with Crippen LogP contribution >= 0.6 is 0 Å². The van der Waals surface area contributed by atoms with Gasteiger partial charge in [0.05, 0.1) is 5.92 Å². The topological polar surface area (TPSA) is 54.0 Å². The predicted molar refractivity (Wildman–Crippen MR) is 76.6 cm³/mol. The standard InChI is InChI=1S/C15H22O5.Pb.2H/c1-8-4-5-11-9(2)12(16)17-13-15(11)10(8)6-7-14(3,18-13)19-20-15;;;/h8-11,13H,4-7H2,1-3H3;;;/t8-,9-,10+,11+,13-,14+,15-;;;/m1.../s1. The van der Waals surface area contributed by atoms with Crippen molar-refractivity contribution in [1.29, 1.82) is 0 Å². The van der Waals surface area contributed by atoms with E-state index in [0.717, 1.165) is 25.7 Å². The van der Waals surface area contributed by atoms with E-state index < -0.39 is 17.7 Å². The predicted octanol–water partition coefficient (Wildman–Crippen LogP) is 1.48. The van der Waals surface area contributed by atoms with E-state index in [2.05, 4.69) is 6.92 Å². The van der Waals surface area contributed by atoms with Crippen LogP contribution in [0.15, 0.2) is 0 Å². The molecule has 0 aromatic heterocycles. The minimum absolute atomic E-state index is 0. The van der Waals surface area contributed by atoms with Crippen molar-refractivity contribution in [2.24, 2.45) is 23.7 Å². The number of carbonyl (C=O) groups excluding carboxylic acids is 1. The first-order valence-electron chi connectivity index (χ1n) is 7.71. The minimum atomic E-state index is -0.793. The zero-order valence-corrected chi connectivity index (χ0v) is 18.5. The average Bonchev–Trinajstić information content (AvgIpc) is 2.63. The Balaban J connectivity index is 0.00000132. The first-order valence-corrected chi connectivity index (χ1v) is 7.71. The van der Waals surface area contributed by atoms with Crippen molar-refractivity contribution in [2.75, 3.05) is 0 Å². The van der Waals surface area contributed by atoms with Crippen LogP contribution in [0.4, 0.5) is 0 Å². The molecule has 2 radical (unpaired) electrons. The van der Waals surface area contributed by atoms with Gasteiger partial charge >= 0.3 is 33.3 Å². The van der Waals surface area contributed by atoms with Crippen molar-refractivity contribution in [3.05, 3.63) is 0 Å². The van der Waals surface area contributed by atoms with Crippen molar-refractivity contribution in [1.82, 2.24) is 0 Å². The van der Waals surface area contributed by atoms with Crippen LogP contribution < -0.4 is 0 Å². The van der Waals surface area contributed by atoms with Crippen LogP contribution in [0.1, 0.15) is 46.5 Å². The number of rotatable bonds is 0. The summed E-state index contributed by atoms with van der Waals surface area (Å²) in [4.78, 5) is 23.7. The molecule has 7 atom stereocenters. The van der Waals surface area contributed by atoms with Crippen molar-refractivity contribution < 1.29 is 24.0 Å². The van der Waals surface area contributed by atoms with Gasteiger partial charge in [-0.1, -0.05) is 13.8 Å². The summed E-state index contributed by atoms with van der Waals surface area (Å²) in [6.07, 6.45) is 3.24. The van der Waals surface area contributed by atoms with E-state index in [1.54, 1.807) is 0 Å². The molecular formula is C15H24O5Pb. The molecule has 0 amide bonds. The molecule has 6 heteroatoms. The molecule has 21 heavy (non-hydrogen) atoms. The van der Waals surface area contributed by atoms with Gasteiger partial charge in [0.2, 0.25) is 12.1 Å². The van der Waals surface area contributed by atoms with Crippen molar-refractivity contribution in [3.63, 3.8) is 0 Å². The normalized spacial score (nSPS) is 55.0. The Bertz CT molecular complexity index is 457. The Morgan fingerprint density at radius 2 is 1.86 bits per heavy atom. The van der Waals surface area contributed by atoms with Crippen LogP contribution in [0.2, 0.25) is 0 Å². The van der Waals surface area contributed by atoms with E-state index in [9.17, 15) is 4.79 Å². The summed E-state index contributed by atoms with van der Waals surface area (Å²) in [7, 11) is 0. The SMILES string of the molecule is C[C@@H]1CC[C@H]2[C@@H](C)C(=O)O[C@@H]3O[C@]4(C)CC[C@@H]1[C@]32OO4.[PbH2]. The third-order valence-electron chi connectivity index (χ3n) is 5.97. The van der Waals surface area contributed by atoms with Gasteiger partial charge in [0.15, 0.2) is 5.60 Å². The Morgan fingerprint density at radius 1 is 1.10 bits per heavy atom. The first-order chi connectivity index (χ1) is 9.46. The van der Waals surface area contributed by atoms with Crippen molar-refractivity contribution in [3.8, 4) is 0 Å². The summed E-state index contributed by atoms with van der Waals surface area (Å²) in [5.74, 6) is -0.137. The molecule has 4 aliphatic heterocycles. The summed E-state index contributed by atoms with van der Waals surface area (Å²) in [6, 6.07) is 0. The molecule has 0 N–H and O–H groups in total. The number of ether oxygens (including phenoxy) is 2. The monoisotopic (exact) mass is 492 g/mol. The van der Waals surface area contributed by atoms with Crippen LogP contribution in [0.25, 0.3) is 0 Å². The van der Waals surface area contributed by atoms with Crippen LogP contribution in [-0.4, -0.2) is 50.9 Å². The fourth-order valence-electron chi connectivity index (χ4n) is 4.76. The summed E-state index contributed by atoms with van der Waals surface area (Å²) in [5.41, 5.74) is -0.610. The molecule has 4 saturated heterocycles. The number of hydrogen-bond donors (Lipinski definition) is 0. The van der Waals surface area contributed by atoms with Gasteiger partial charge in [-0.25, -0.2) is 9.78 Å². The van der Waals surface area contributed by atoms with Gasteiger partial charge in [-0.2, -0.15) is 0 Å². The second kappa shape index (κ2) is 5.14. The van der Waals surface area contributed by atoms with Gasteiger partial charge in [-0.05, 0) is 32.1 Å². The fourth-order valence-corrected chi connectivity index (χ4v) is 4.76. The zero-order valence-electron chi connectivity index (χ0n) is 13.0. The number of esters is 1. The average molecular weight is 492 g/mol. The Kier molecular flexibility index (Phi) is 3.95. The zero-order chi connectivity index (χ0) is 14.1. The van der Waals surface area contributed by atoms with Crippen LogP contribution in [0, 0.1) is 23.7 Å². The molecule has 1 spiro atoms. The molecule has 4 heterocycles. The van der Waals surface area contributed by atoms with E-state index in [1.165, 1.54) is 0 Å². The van der Waals surface area contributed by atoms with Gasteiger partial charge in [0, 0.05) is 18.3 Å². The van der Waals surface area contributed by atoms with Gasteiger partial charge in [0.1, 0.15) is 0 Å². The molecular weight excluding hydrogens is 467 g/mol. The molecule has 1 aliphatic carbocycles. The van der Waals surface area contributed by atoms with E-state index in [4.69, 9.17) is 19.2 Å². The molecule has 5 rings (SSSR count). The maximum atomic E-state index is 12.1. The molecule has 0 aromatic carbocycles. The van der Waals surface area contributed by atoms with Gasteiger partial charge < -0.3 is 9.47 Å². The number of carbonyl (C=O) groups is 1. The quantitative estimate of drug-likeness (QED) is 0.292. The molecule has 5 aliphatic rings. The molecule has 2 bridgehead atoms. The summed E-state index contributed by atoms with van der Waals surface area (Å²) in [6.45, 7) is 6.06. The summed E-state index contributed by atoms with van der Waals surface area (Å²) < 4.78 is 11.6. The molecule has 5 nitrogen and oxygen atoms in total.